The van der Waals surface area contributed by atoms with Gasteiger partial charge in [0.15, 0.2) is 0 Å². The van der Waals surface area contributed by atoms with Gasteiger partial charge < -0.3 is 14.4 Å². The van der Waals surface area contributed by atoms with E-state index in [2.05, 4.69) is 5.10 Å². The van der Waals surface area contributed by atoms with E-state index in [9.17, 15) is 18.8 Å². The Bertz CT molecular complexity index is 1420. The molecule has 0 N–H and O–H groups in total. The molecule has 184 valence electrons. The van der Waals surface area contributed by atoms with E-state index < -0.39 is 35.9 Å². The Morgan fingerprint density at radius 2 is 2.00 bits per heavy atom. The number of nitrogens with zero attached hydrogens (tertiary/aromatic N) is 4. The van der Waals surface area contributed by atoms with E-state index in [1.54, 1.807) is 10.9 Å². The van der Waals surface area contributed by atoms with Crippen molar-refractivity contribution in [1.29, 1.82) is 0 Å². The van der Waals surface area contributed by atoms with Crippen LogP contribution in [0.2, 0.25) is 0 Å². The molecule has 9 nitrogen and oxygen atoms in total. The summed E-state index contributed by atoms with van der Waals surface area (Å²) in [5.74, 6) is -0.900. The van der Waals surface area contributed by atoms with Gasteiger partial charge in [-0.25, -0.2) is 14.1 Å². The summed E-state index contributed by atoms with van der Waals surface area (Å²) in [4.78, 5) is 41.8. The molecule has 1 fully saturated rings. The highest BCUT2D eigenvalue weighted by Gasteiger charge is 2.58. The summed E-state index contributed by atoms with van der Waals surface area (Å²) in [6, 6.07) is 9.84. The molecule has 3 aliphatic rings. The normalized spacial score (nSPS) is 20.7. The number of hydrogen-bond donors (Lipinski definition) is 0. The number of benzene rings is 2. The van der Waals surface area contributed by atoms with Crippen LogP contribution in [0.25, 0.3) is 11.1 Å². The van der Waals surface area contributed by atoms with Gasteiger partial charge in [0.1, 0.15) is 24.7 Å². The second kappa shape index (κ2) is 8.18. The van der Waals surface area contributed by atoms with Gasteiger partial charge in [0.05, 0.1) is 12.7 Å². The monoisotopic (exact) mass is 490 g/mol. The fraction of sp³-hybridized carbons (Fsp3) is 0.308. The number of amides is 3. The summed E-state index contributed by atoms with van der Waals surface area (Å²) in [5.41, 5.74) is 2.60. The molecule has 3 heterocycles. The number of aromatic nitrogens is 2. The molecule has 6 rings (SSSR count). The zero-order chi connectivity index (χ0) is 25.0. The first-order chi connectivity index (χ1) is 17.3. The molecule has 1 unspecified atom stereocenters. The highest BCUT2D eigenvalue weighted by atomic mass is 19.1. The first-order valence-corrected chi connectivity index (χ1v) is 11.7. The van der Waals surface area contributed by atoms with Crippen LogP contribution in [0.4, 0.5) is 9.18 Å². The number of aryl methyl sites for hydroxylation is 2. The fourth-order valence-corrected chi connectivity index (χ4v) is 5.21. The average Bonchev–Trinajstić information content (AvgIpc) is 3.46. The Hall–Kier alpha value is -4.21. The van der Waals surface area contributed by atoms with Crippen molar-refractivity contribution in [2.45, 2.75) is 25.0 Å². The van der Waals surface area contributed by atoms with Gasteiger partial charge in [0.25, 0.3) is 5.91 Å². The summed E-state index contributed by atoms with van der Waals surface area (Å²) in [5, 5.41) is 4.20. The molecule has 1 aliphatic carbocycles. The van der Waals surface area contributed by atoms with Crippen LogP contribution in [-0.4, -0.2) is 57.2 Å². The summed E-state index contributed by atoms with van der Waals surface area (Å²) < 4.78 is 26.7. The van der Waals surface area contributed by atoms with E-state index in [-0.39, 0.29) is 19.7 Å². The van der Waals surface area contributed by atoms with E-state index >= 15 is 0 Å². The molecular formula is C26H23FN4O5. The van der Waals surface area contributed by atoms with Crippen molar-refractivity contribution in [3.05, 3.63) is 71.3 Å². The number of carbonyl (C=O) groups is 3. The Labute approximate surface area is 206 Å². The third-order valence-corrected chi connectivity index (χ3v) is 7.05. The van der Waals surface area contributed by atoms with Gasteiger partial charge in [-0.2, -0.15) is 5.10 Å². The van der Waals surface area contributed by atoms with E-state index in [1.807, 2.05) is 31.4 Å². The van der Waals surface area contributed by atoms with Crippen molar-refractivity contribution in [1.82, 2.24) is 19.6 Å². The van der Waals surface area contributed by atoms with E-state index in [0.717, 1.165) is 21.6 Å². The highest BCUT2D eigenvalue weighted by molar-refractivity contribution is 6.06. The van der Waals surface area contributed by atoms with Crippen LogP contribution in [-0.2, 0) is 39.9 Å². The van der Waals surface area contributed by atoms with Crippen molar-refractivity contribution in [3.8, 4) is 16.9 Å². The molecular weight excluding hydrogens is 467 g/mol. The number of carbonyl (C=O) groups excluding carboxylic acids is 3. The van der Waals surface area contributed by atoms with Crippen LogP contribution in [0.15, 0.2) is 48.8 Å². The number of rotatable bonds is 3. The standard InChI is InChI=1S/C26H23FN4O5/c1-29-13-19(12-28-29)16-2-4-21-17(10-16)6-7-26(21)24(33)31(25(34)36-26)15-23(32)30-8-9-35-22-5-3-20(27)11-18(22)14-30/h2-5,10-13H,6-9,14-15H2,1H3. The first kappa shape index (κ1) is 22.3. The van der Waals surface area contributed by atoms with Gasteiger partial charge in [0.2, 0.25) is 11.5 Å². The van der Waals surface area contributed by atoms with Gasteiger partial charge >= 0.3 is 6.09 Å². The Morgan fingerprint density at radius 3 is 2.81 bits per heavy atom. The molecule has 1 spiro atoms. The van der Waals surface area contributed by atoms with Gasteiger partial charge in [-0.3, -0.25) is 14.3 Å². The minimum Gasteiger partial charge on any atom is -0.491 e. The maximum atomic E-state index is 13.7. The predicted octanol–water partition coefficient (Wildman–Crippen LogP) is 2.77. The quantitative estimate of drug-likeness (QED) is 0.561. The molecule has 10 heteroatoms. The molecule has 0 saturated carbocycles. The van der Waals surface area contributed by atoms with Crippen LogP contribution in [0, 0.1) is 5.82 Å². The van der Waals surface area contributed by atoms with Crippen LogP contribution in [0.3, 0.4) is 0 Å². The molecule has 0 radical (unpaired) electrons. The van der Waals surface area contributed by atoms with E-state index in [4.69, 9.17) is 9.47 Å². The number of fused-ring (bicyclic) bond motifs is 3. The van der Waals surface area contributed by atoms with Crippen molar-refractivity contribution >= 4 is 17.9 Å². The fourth-order valence-electron chi connectivity index (χ4n) is 5.21. The number of ether oxygens (including phenoxy) is 2. The molecule has 0 bridgehead atoms. The summed E-state index contributed by atoms with van der Waals surface area (Å²) in [6.45, 7) is 0.137. The molecule has 3 aromatic rings. The number of hydrogen-bond acceptors (Lipinski definition) is 6. The second-order valence-electron chi connectivity index (χ2n) is 9.28. The minimum absolute atomic E-state index is 0.119. The van der Waals surface area contributed by atoms with Crippen molar-refractivity contribution in [3.63, 3.8) is 0 Å². The summed E-state index contributed by atoms with van der Waals surface area (Å²) >= 11 is 0. The maximum Gasteiger partial charge on any atom is 0.418 e. The Kier molecular flexibility index (Phi) is 5.06. The Morgan fingerprint density at radius 1 is 1.14 bits per heavy atom. The third-order valence-electron chi connectivity index (χ3n) is 7.05. The topological polar surface area (TPSA) is 94.0 Å². The van der Waals surface area contributed by atoms with Crippen LogP contribution in [0.5, 0.6) is 5.75 Å². The van der Waals surface area contributed by atoms with E-state index in [1.165, 1.54) is 23.1 Å². The molecule has 1 saturated heterocycles. The molecule has 2 aliphatic heterocycles. The highest BCUT2D eigenvalue weighted by Crippen LogP contribution is 2.46. The molecule has 1 aromatic heterocycles. The lowest BCUT2D eigenvalue weighted by Crippen LogP contribution is -2.45. The largest absolute Gasteiger partial charge is 0.491 e. The lowest BCUT2D eigenvalue weighted by atomic mass is 9.93. The third kappa shape index (κ3) is 3.52. The summed E-state index contributed by atoms with van der Waals surface area (Å²) in [6.07, 6.45) is 3.71. The lowest BCUT2D eigenvalue weighted by molar-refractivity contribution is -0.142. The molecule has 36 heavy (non-hydrogen) atoms. The van der Waals surface area contributed by atoms with Crippen LogP contribution < -0.4 is 4.74 Å². The van der Waals surface area contributed by atoms with Gasteiger partial charge in [0, 0.05) is 42.9 Å². The second-order valence-corrected chi connectivity index (χ2v) is 9.28. The van der Waals surface area contributed by atoms with Crippen molar-refractivity contribution in [2.24, 2.45) is 7.05 Å². The number of halogens is 1. The minimum atomic E-state index is -1.42. The van der Waals surface area contributed by atoms with Crippen LogP contribution >= 0.6 is 0 Å². The Balaban J connectivity index is 1.22. The maximum absolute atomic E-state index is 13.7. The number of imide groups is 1. The van der Waals surface area contributed by atoms with Crippen molar-refractivity contribution in [2.75, 3.05) is 19.7 Å². The van der Waals surface area contributed by atoms with Gasteiger partial charge in [-0.15, -0.1) is 0 Å². The zero-order valence-electron chi connectivity index (χ0n) is 19.6. The molecule has 3 amide bonds. The van der Waals surface area contributed by atoms with Gasteiger partial charge in [-0.1, -0.05) is 18.2 Å². The smallest absolute Gasteiger partial charge is 0.418 e. The average molecular weight is 490 g/mol. The first-order valence-electron chi connectivity index (χ1n) is 11.7. The molecule has 1 atom stereocenters. The predicted molar refractivity (Wildman–Crippen MR) is 124 cm³/mol. The molecule has 2 aromatic carbocycles. The lowest BCUT2D eigenvalue weighted by Gasteiger charge is -2.23. The van der Waals surface area contributed by atoms with Crippen molar-refractivity contribution < 1.29 is 28.2 Å². The SMILES string of the molecule is Cn1cc(-c2ccc3c(c2)CCC32OC(=O)N(CC(=O)N3CCOc4ccc(F)cc4C3)C2=O)cn1. The van der Waals surface area contributed by atoms with Crippen LogP contribution in [0.1, 0.15) is 23.1 Å². The summed E-state index contributed by atoms with van der Waals surface area (Å²) in [7, 11) is 1.84. The van der Waals surface area contributed by atoms with Gasteiger partial charge in [-0.05, 0) is 35.7 Å². The van der Waals surface area contributed by atoms with E-state index in [0.29, 0.717) is 29.7 Å². The zero-order valence-corrected chi connectivity index (χ0v) is 19.6.